The Morgan fingerprint density at radius 1 is 1.28 bits per heavy atom. The zero-order valence-electron chi connectivity index (χ0n) is 15.5. The lowest BCUT2D eigenvalue weighted by molar-refractivity contribution is 0.186. The summed E-state index contributed by atoms with van der Waals surface area (Å²) < 4.78 is 5.17. The smallest absolute Gasteiger partial charge is 0.194 e. The van der Waals surface area contributed by atoms with Crippen molar-refractivity contribution in [1.29, 1.82) is 0 Å². The molecule has 1 aromatic carbocycles. The first-order valence-electron chi connectivity index (χ1n) is 9.51. The molecular formula is C20H31N3O2. The zero-order valence-corrected chi connectivity index (χ0v) is 15.5. The Hall–Kier alpha value is -1.75. The van der Waals surface area contributed by atoms with E-state index < -0.39 is 6.10 Å². The Morgan fingerprint density at radius 3 is 2.64 bits per heavy atom. The van der Waals surface area contributed by atoms with Crippen LogP contribution in [-0.4, -0.2) is 49.3 Å². The highest BCUT2D eigenvalue weighted by molar-refractivity contribution is 5.80. The maximum Gasteiger partial charge on any atom is 0.194 e. The van der Waals surface area contributed by atoms with Gasteiger partial charge in [0.1, 0.15) is 5.75 Å². The number of nitrogens with zero attached hydrogens (tertiary/aromatic N) is 2. The molecule has 0 radical (unpaired) electrons. The molecule has 1 heterocycles. The highest BCUT2D eigenvalue weighted by Gasteiger charge is 2.41. The SMILES string of the molecule is CCNC(=NCC(O)c1ccc(OC)cc1)N1CCC2(CCCC2)C1. The van der Waals surface area contributed by atoms with E-state index in [1.165, 1.54) is 32.1 Å². The molecule has 1 aliphatic carbocycles. The number of nitrogens with one attached hydrogen (secondary N) is 1. The fraction of sp³-hybridized carbons (Fsp3) is 0.650. The largest absolute Gasteiger partial charge is 0.497 e. The van der Waals surface area contributed by atoms with Gasteiger partial charge in [-0.1, -0.05) is 25.0 Å². The van der Waals surface area contributed by atoms with Crippen molar-refractivity contribution in [2.75, 3.05) is 33.3 Å². The van der Waals surface area contributed by atoms with Gasteiger partial charge in [0.05, 0.1) is 19.8 Å². The third-order valence-corrected chi connectivity index (χ3v) is 5.65. The fourth-order valence-electron chi connectivity index (χ4n) is 4.18. The summed E-state index contributed by atoms with van der Waals surface area (Å²) in [6.07, 6.45) is 6.14. The van der Waals surface area contributed by atoms with Gasteiger partial charge in [-0.3, -0.25) is 4.99 Å². The van der Waals surface area contributed by atoms with E-state index in [2.05, 4.69) is 17.1 Å². The lowest BCUT2D eigenvalue weighted by Crippen LogP contribution is -2.41. The average Bonchev–Trinajstić information content (AvgIpc) is 3.28. The Morgan fingerprint density at radius 2 is 2.00 bits per heavy atom. The minimum Gasteiger partial charge on any atom is -0.497 e. The lowest BCUT2D eigenvalue weighted by Gasteiger charge is -2.26. The molecule has 0 amide bonds. The molecule has 2 N–H and O–H groups in total. The van der Waals surface area contributed by atoms with Crippen LogP contribution in [0.25, 0.3) is 0 Å². The van der Waals surface area contributed by atoms with Gasteiger partial charge in [-0.15, -0.1) is 0 Å². The first-order valence-corrected chi connectivity index (χ1v) is 9.51. The van der Waals surface area contributed by atoms with E-state index >= 15 is 0 Å². The van der Waals surface area contributed by atoms with Crippen LogP contribution in [0.5, 0.6) is 5.75 Å². The van der Waals surface area contributed by atoms with E-state index in [1.807, 2.05) is 24.3 Å². The number of methoxy groups -OCH3 is 1. The summed E-state index contributed by atoms with van der Waals surface area (Å²) in [7, 11) is 1.64. The number of aliphatic hydroxyl groups is 1. The molecule has 0 bridgehead atoms. The van der Waals surface area contributed by atoms with E-state index in [0.29, 0.717) is 12.0 Å². The van der Waals surface area contributed by atoms with Crippen molar-refractivity contribution < 1.29 is 9.84 Å². The lowest BCUT2D eigenvalue weighted by atomic mass is 9.86. The molecule has 1 atom stereocenters. The maximum absolute atomic E-state index is 10.5. The van der Waals surface area contributed by atoms with Gasteiger partial charge in [-0.05, 0) is 49.3 Å². The molecule has 1 saturated carbocycles. The Balaban J connectivity index is 1.63. The van der Waals surface area contributed by atoms with Crippen LogP contribution in [0.15, 0.2) is 29.3 Å². The quantitative estimate of drug-likeness (QED) is 0.636. The predicted molar refractivity (Wildman–Crippen MR) is 101 cm³/mol. The molecule has 2 aliphatic rings. The maximum atomic E-state index is 10.5. The number of aliphatic hydroxyl groups excluding tert-OH is 1. The summed E-state index contributed by atoms with van der Waals surface area (Å²) in [5, 5.41) is 13.9. The van der Waals surface area contributed by atoms with Crippen molar-refractivity contribution >= 4 is 5.96 Å². The molecule has 1 unspecified atom stereocenters. The molecule has 2 fully saturated rings. The normalized spacial score (nSPS) is 20.9. The second-order valence-corrected chi connectivity index (χ2v) is 7.36. The number of guanidine groups is 1. The van der Waals surface area contributed by atoms with Crippen molar-refractivity contribution in [3.8, 4) is 5.75 Å². The van der Waals surface area contributed by atoms with E-state index in [-0.39, 0.29) is 0 Å². The Bertz CT molecular complexity index is 579. The van der Waals surface area contributed by atoms with Crippen molar-refractivity contribution in [3.63, 3.8) is 0 Å². The molecule has 1 aliphatic heterocycles. The van der Waals surface area contributed by atoms with E-state index in [1.54, 1.807) is 7.11 Å². The van der Waals surface area contributed by atoms with Crippen molar-refractivity contribution in [3.05, 3.63) is 29.8 Å². The van der Waals surface area contributed by atoms with Crippen LogP contribution >= 0.6 is 0 Å². The van der Waals surface area contributed by atoms with Gasteiger partial charge in [0.15, 0.2) is 5.96 Å². The topological polar surface area (TPSA) is 57.1 Å². The Kier molecular flexibility index (Phi) is 5.84. The third kappa shape index (κ3) is 4.27. The monoisotopic (exact) mass is 345 g/mol. The number of ether oxygens (including phenoxy) is 1. The molecular weight excluding hydrogens is 314 g/mol. The number of rotatable bonds is 5. The minimum atomic E-state index is -0.595. The van der Waals surface area contributed by atoms with Crippen LogP contribution in [0.3, 0.4) is 0 Å². The number of hydrogen-bond acceptors (Lipinski definition) is 3. The summed E-state index contributed by atoms with van der Waals surface area (Å²) >= 11 is 0. The molecule has 25 heavy (non-hydrogen) atoms. The van der Waals surface area contributed by atoms with Crippen molar-refractivity contribution in [2.24, 2.45) is 10.4 Å². The van der Waals surface area contributed by atoms with Crippen LogP contribution in [0, 0.1) is 5.41 Å². The van der Waals surface area contributed by atoms with Gasteiger partial charge in [0.25, 0.3) is 0 Å². The molecule has 5 heteroatoms. The summed E-state index contributed by atoms with van der Waals surface area (Å²) in [6.45, 7) is 5.50. The van der Waals surface area contributed by atoms with Gasteiger partial charge < -0.3 is 20.1 Å². The molecule has 0 aromatic heterocycles. The van der Waals surface area contributed by atoms with Gasteiger partial charge in [-0.2, -0.15) is 0 Å². The van der Waals surface area contributed by atoms with E-state index in [0.717, 1.165) is 36.9 Å². The molecule has 1 saturated heterocycles. The van der Waals surface area contributed by atoms with Gasteiger partial charge >= 0.3 is 0 Å². The average molecular weight is 345 g/mol. The molecule has 1 aromatic rings. The van der Waals surface area contributed by atoms with Crippen LogP contribution in [0.1, 0.15) is 50.7 Å². The molecule has 3 rings (SSSR count). The van der Waals surface area contributed by atoms with Crippen molar-refractivity contribution in [2.45, 2.75) is 45.1 Å². The minimum absolute atomic E-state index is 0.373. The highest BCUT2D eigenvalue weighted by atomic mass is 16.5. The number of benzene rings is 1. The summed E-state index contributed by atoms with van der Waals surface area (Å²) in [6, 6.07) is 7.54. The summed E-state index contributed by atoms with van der Waals surface area (Å²) in [5.74, 6) is 1.74. The van der Waals surface area contributed by atoms with E-state index in [9.17, 15) is 5.11 Å². The standard InChI is InChI=1S/C20H31N3O2/c1-3-21-19(23-13-12-20(15-23)10-4-5-11-20)22-14-18(24)16-6-8-17(25-2)9-7-16/h6-9,18,24H,3-5,10-15H2,1-2H3,(H,21,22). The number of likely N-dealkylation sites (tertiary alicyclic amines) is 1. The first kappa shape index (κ1) is 18.1. The number of hydrogen-bond donors (Lipinski definition) is 2. The molecule has 5 nitrogen and oxygen atoms in total. The number of aliphatic imine (C=N–C) groups is 1. The summed E-state index contributed by atoms with van der Waals surface area (Å²) in [5.41, 5.74) is 1.39. The van der Waals surface area contributed by atoms with Crippen LogP contribution < -0.4 is 10.1 Å². The molecule has 1 spiro atoms. The van der Waals surface area contributed by atoms with Gasteiger partial charge in [-0.25, -0.2) is 0 Å². The van der Waals surface area contributed by atoms with E-state index in [4.69, 9.17) is 9.73 Å². The third-order valence-electron chi connectivity index (χ3n) is 5.65. The fourth-order valence-corrected chi connectivity index (χ4v) is 4.18. The zero-order chi connectivity index (χ0) is 17.7. The van der Waals surface area contributed by atoms with Crippen LogP contribution in [0.2, 0.25) is 0 Å². The second kappa shape index (κ2) is 8.09. The van der Waals surface area contributed by atoms with Crippen LogP contribution in [-0.2, 0) is 0 Å². The van der Waals surface area contributed by atoms with Crippen molar-refractivity contribution in [1.82, 2.24) is 10.2 Å². The van der Waals surface area contributed by atoms with Gasteiger partial charge in [0.2, 0.25) is 0 Å². The summed E-state index contributed by atoms with van der Waals surface area (Å²) in [4.78, 5) is 7.10. The van der Waals surface area contributed by atoms with Crippen LogP contribution in [0.4, 0.5) is 0 Å². The first-order chi connectivity index (χ1) is 12.2. The second-order valence-electron chi connectivity index (χ2n) is 7.36. The Labute approximate surface area is 151 Å². The molecule has 138 valence electrons. The highest BCUT2D eigenvalue weighted by Crippen LogP contribution is 2.45. The van der Waals surface area contributed by atoms with Gasteiger partial charge in [0, 0.05) is 19.6 Å². The predicted octanol–water partition coefficient (Wildman–Crippen LogP) is 2.96.